The molecule has 3 rings (SSSR count). The molecule has 2 aromatic heterocycles. The summed E-state index contributed by atoms with van der Waals surface area (Å²) in [4.78, 5) is 8.90. The van der Waals surface area contributed by atoms with Crippen LogP contribution in [-0.2, 0) is 6.54 Å². The summed E-state index contributed by atoms with van der Waals surface area (Å²) in [5.41, 5.74) is 9.55. The van der Waals surface area contributed by atoms with Crippen molar-refractivity contribution in [1.29, 1.82) is 0 Å². The Bertz CT molecular complexity index is 923. The van der Waals surface area contributed by atoms with E-state index in [4.69, 9.17) is 15.2 Å². The minimum Gasteiger partial charge on any atom is -0.497 e. The molecule has 0 fully saturated rings. The van der Waals surface area contributed by atoms with Crippen LogP contribution in [0.3, 0.4) is 0 Å². The molecule has 7 nitrogen and oxygen atoms in total. The van der Waals surface area contributed by atoms with E-state index in [-0.39, 0.29) is 29.9 Å². The minimum absolute atomic E-state index is 0. The first-order valence-electron chi connectivity index (χ1n) is 7.83. The van der Waals surface area contributed by atoms with Crippen molar-refractivity contribution < 1.29 is 9.47 Å². The van der Waals surface area contributed by atoms with Crippen molar-refractivity contribution in [2.75, 3.05) is 19.5 Å². The number of halogens is 1. The predicted molar refractivity (Wildman–Crippen MR) is 114 cm³/mol. The average Bonchev–Trinajstić information content (AvgIpc) is 3.04. The van der Waals surface area contributed by atoms with E-state index in [1.807, 2.05) is 41.8 Å². The lowest BCUT2D eigenvalue weighted by Crippen LogP contribution is -2.23. The lowest BCUT2D eigenvalue weighted by atomic mass is 10.2. The van der Waals surface area contributed by atoms with Gasteiger partial charge in [0.1, 0.15) is 17.1 Å². The van der Waals surface area contributed by atoms with Gasteiger partial charge < -0.3 is 24.9 Å². The number of aromatic nitrogens is 2. The first-order valence-corrected chi connectivity index (χ1v) is 7.83. The molecular weight excluding hydrogens is 445 g/mol. The van der Waals surface area contributed by atoms with Crippen LogP contribution in [-0.4, -0.2) is 29.6 Å². The molecule has 0 bridgehead atoms. The van der Waals surface area contributed by atoms with Crippen molar-refractivity contribution in [3.05, 3.63) is 54.0 Å². The Morgan fingerprint density at radius 1 is 1.23 bits per heavy atom. The summed E-state index contributed by atoms with van der Waals surface area (Å²) in [6.45, 7) is 2.42. The van der Waals surface area contributed by atoms with Gasteiger partial charge in [-0.25, -0.2) is 9.98 Å². The molecular formula is C18H22IN5O2. The van der Waals surface area contributed by atoms with Crippen LogP contribution in [0.4, 0.5) is 5.69 Å². The van der Waals surface area contributed by atoms with E-state index in [0.717, 1.165) is 17.0 Å². The number of imidazole rings is 1. The second-order valence-electron chi connectivity index (χ2n) is 5.52. The van der Waals surface area contributed by atoms with Gasteiger partial charge in [-0.05, 0) is 31.2 Å². The molecule has 0 spiro atoms. The highest BCUT2D eigenvalue weighted by Crippen LogP contribution is 2.28. The molecule has 0 aliphatic carbocycles. The number of nitrogens with one attached hydrogen (secondary N) is 1. The molecule has 0 atom stereocenters. The van der Waals surface area contributed by atoms with Gasteiger partial charge in [-0.15, -0.1) is 24.0 Å². The fraction of sp³-hybridized carbons (Fsp3) is 0.222. The summed E-state index contributed by atoms with van der Waals surface area (Å²) >= 11 is 0. The molecule has 3 aromatic rings. The lowest BCUT2D eigenvalue weighted by Gasteiger charge is -2.11. The Morgan fingerprint density at radius 3 is 2.73 bits per heavy atom. The number of aliphatic imine (C=N–C) groups is 1. The zero-order chi connectivity index (χ0) is 17.8. The average molecular weight is 467 g/mol. The van der Waals surface area contributed by atoms with E-state index in [0.29, 0.717) is 23.7 Å². The summed E-state index contributed by atoms with van der Waals surface area (Å²) in [5, 5.41) is 3.04. The molecule has 0 amide bonds. The van der Waals surface area contributed by atoms with Crippen LogP contribution in [0.15, 0.2) is 47.6 Å². The topological polar surface area (TPSA) is 86.2 Å². The van der Waals surface area contributed by atoms with E-state index < -0.39 is 0 Å². The highest BCUT2D eigenvalue weighted by Gasteiger charge is 2.07. The third kappa shape index (κ3) is 4.37. The van der Waals surface area contributed by atoms with E-state index in [2.05, 4.69) is 15.3 Å². The second-order valence-corrected chi connectivity index (χ2v) is 5.52. The highest BCUT2D eigenvalue weighted by atomic mass is 127. The molecule has 2 heterocycles. The molecule has 0 radical (unpaired) electrons. The van der Waals surface area contributed by atoms with Crippen molar-refractivity contribution in [1.82, 2.24) is 9.38 Å². The molecule has 0 aliphatic heterocycles. The van der Waals surface area contributed by atoms with Crippen LogP contribution in [0.2, 0.25) is 0 Å². The number of hydrogen-bond donors (Lipinski definition) is 2. The van der Waals surface area contributed by atoms with Crippen molar-refractivity contribution in [3.8, 4) is 11.5 Å². The summed E-state index contributed by atoms with van der Waals surface area (Å²) in [6.07, 6.45) is 1.97. The van der Waals surface area contributed by atoms with Gasteiger partial charge in [-0.1, -0.05) is 6.07 Å². The minimum atomic E-state index is 0. The Morgan fingerprint density at radius 2 is 2.04 bits per heavy atom. The molecule has 138 valence electrons. The van der Waals surface area contributed by atoms with Gasteiger partial charge in [0, 0.05) is 18.0 Å². The number of ether oxygens (including phenoxy) is 2. The fourth-order valence-corrected chi connectivity index (χ4v) is 2.53. The maximum absolute atomic E-state index is 6.00. The normalized spacial score (nSPS) is 11.1. The summed E-state index contributed by atoms with van der Waals surface area (Å²) in [7, 11) is 3.20. The smallest absolute Gasteiger partial charge is 0.193 e. The van der Waals surface area contributed by atoms with E-state index >= 15 is 0 Å². The molecule has 26 heavy (non-hydrogen) atoms. The number of benzene rings is 1. The number of fused-ring (bicyclic) bond motifs is 1. The number of nitrogens with zero attached hydrogens (tertiary/aromatic N) is 3. The lowest BCUT2D eigenvalue weighted by molar-refractivity contribution is 0.405. The van der Waals surface area contributed by atoms with E-state index in [1.165, 1.54) is 0 Å². The third-order valence-corrected chi connectivity index (χ3v) is 3.83. The van der Waals surface area contributed by atoms with Crippen molar-refractivity contribution >= 4 is 41.3 Å². The van der Waals surface area contributed by atoms with Gasteiger partial charge in [0.05, 0.1) is 32.1 Å². The maximum Gasteiger partial charge on any atom is 0.193 e. The number of methoxy groups -OCH3 is 2. The zero-order valence-electron chi connectivity index (χ0n) is 14.9. The van der Waals surface area contributed by atoms with Crippen LogP contribution in [0.5, 0.6) is 11.5 Å². The fourth-order valence-electron chi connectivity index (χ4n) is 2.53. The van der Waals surface area contributed by atoms with Crippen LogP contribution in [0.1, 0.15) is 11.4 Å². The summed E-state index contributed by atoms with van der Waals surface area (Å²) < 4.78 is 12.6. The molecule has 0 aliphatic rings. The number of anilines is 1. The molecule has 0 unspecified atom stereocenters. The van der Waals surface area contributed by atoms with Gasteiger partial charge in [0.15, 0.2) is 5.96 Å². The second kappa shape index (κ2) is 8.75. The van der Waals surface area contributed by atoms with Crippen molar-refractivity contribution in [3.63, 3.8) is 0 Å². The standard InChI is InChI=1S/C18H21N5O2.HI/c1-12-5-4-6-17-21-13(11-23(12)17)10-20-18(19)22-15-9-14(24-2)7-8-16(15)25-3;/h4-9,11H,10H2,1-3H3,(H3,19,20,22);1H. The van der Waals surface area contributed by atoms with Crippen molar-refractivity contribution in [2.45, 2.75) is 13.5 Å². The van der Waals surface area contributed by atoms with Gasteiger partial charge >= 0.3 is 0 Å². The SMILES string of the molecule is COc1ccc(OC)c(NC(N)=NCc2cn3c(C)cccc3n2)c1.I. The van der Waals surface area contributed by atoms with Crippen LogP contribution in [0, 0.1) is 6.92 Å². The number of nitrogens with two attached hydrogens (primary N) is 1. The Balaban J connectivity index is 0.00000243. The molecule has 3 N–H and O–H groups in total. The Hall–Kier alpha value is -2.49. The van der Waals surface area contributed by atoms with E-state index in [9.17, 15) is 0 Å². The van der Waals surface area contributed by atoms with Gasteiger partial charge in [0.25, 0.3) is 0 Å². The Labute approximate surface area is 169 Å². The summed E-state index contributed by atoms with van der Waals surface area (Å²) in [6, 6.07) is 11.4. The number of aryl methyl sites for hydroxylation is 1. The number of hydrogen-bond acceptors (Lipinski definition) is 4. The summed E-state index contributed by atoms with van der Waals surface area (Å²) in [5.74, 6) is 1.63. The van der Waals surface area contributed by atoms with Gasteiger partial charge in [-0.2, -0.15) is 0 Å². The van der Waals surface area contributed by atoms with Crippen LogP contribution >= 0.6 is 24.0 Å². The monoisotopic (exact) mass is 467 g/mol. The Kier molecular flexibility index (Phi) is 6.67. The molecule has 1 aromatic carbocycles. The van der Waals surface area contributed by atoms with Gasteiger partial charge in [0.2, 0.25) is 0 Å². The predicted octanol–water partition coefficient (Wildman–Crippen LogP) is 3.20. The quantitative estimate of drug-likeness (QED) is 0.342. The number of guanidine groups is 1. The first-order chi connectivity index (χ1) is 12.1. The first kappa shape index (κ1) is 19.8. The zero-order valence-corrected chi connectivity index (χ0v) is 17.2. The number of pyridine rings is 1. The van der Waals surface area contributed by atoms with Crippen LogP contribution < -0.4 is 20.5 Å². The third-order valence-electron chi connectivity index (χ3n) is 3.83. The van der Waals surface area contributed by atoms with Crippen LogP contribution in [0.25, 0.3) is 5.65 Å². The molecule has 8 heteroatoms. The maximum atomic E-state index is 6.00. The van der Waals surface area contributed by atoms with E-state index in [1.54, 1.807) is 26.4 Å². The van der Waals surface area contributed by atoms with Crippen molar-refractivity contribution in [2.24, 2.45) is 10.7 Å². The number of rotatable bonds is 5. The molecule has 0 saturated heterocycles. The molecule has 0 saturated carbocycles. The highest BCUT2D eigenvalue weighted by molar-refractivity contribution is 14.0. The largest absolute Gasteiger partial charge is 0.497 e. The van der Waals surface area contributed by atoms with Gasteiger partial charge in [-0.3, -0.25) is 0 Å².